The number of carbonyl (C=O) groups is 1. The van der Waals surface area contributed by atoms with Crippen LogP contribution in [-0.4, -0.2) is 28.2 Å². The zero-order valence-electron chi connectivity index (χ0n) is 7.97. The summed E-state index contributed by atoms with van der Waals surface area (Å²) in [7, 11) is 1.44. The molecule has 0 saturated heterocycles. The van der Waals surface area contributed by atoms with E-state index in [1.54, 1.807) is 0 Å². The Balaban J connectivity index is 0.00000112. The van der Waals surface area contributed by atoms with E-state index in [4.69, 9.17) is 5.11 Å². The molecule has 6 heteroatoms. The van der Waals surface area contributed by atoms with Gasteiger partial charge < -0.3 is 10.1 Å². The summed E-state index contributed by atoms with van der Waals surface area (Å²) >= 11 is 0. The topological polar surface area (TPSA) is 69.2 Å². The van der Waals surface area contributed by atoms with Gasteiger partial charge in [0.2, 0.25) is 5.95 Å². The Morgan fingerprint density at radius 2 is 2.13 bits per heavy atom. The molecule has 0 bridgehead atoms. The summed E-state index contributed by atoms with van der Waals surface area (Å²) in [5.74, 6) is 0.332. The minimum Gasteiger partial charge on any atom is -0.465 e. The molecule has 0 unspecified atom stereocenters. The summed E-state index contributed by atoms with van der Waals surface area (Å²) in [4.78, 5) is 18.7. The first-order chi connectivity index (χ1) is 6.68. The van der Waals surface area contributed by atoms with Gasteiger partial charge in [0.05, 0.1) is 11.0 Å². The van der Waals surface area contributed by atoms with Crippen LogP contribution in [0.4, 0.5) is 10.7 Å². The summed E-state index contributed by atoms with van der Waals surface area (Å²) in [6, 6.07) is 7.39. The number of halogens is 1. The van der Waals surface area contributed by atoms with Crippen molar-refractivity contribution < 1.29 is 9.90 Å². The van der Waals surface area contributed by atoms with Crippen molar-refractivity contribution in [2.45, 2.75) is 0 Å². The molecule has 0 aliphatic heterocycles. The van der Waals surface area contributed by atoms with Crippen LogP contribution in [0.15, 0.2) is 24.3 Å². The Labute approximate surface area is 92.1 Å². The molecule has 0 fully saturated rings. The standard InChI is InChI=1S/C9H9N3O2.ClH/c1-12(9(13)14)8-10-6-4-2-3-5-7(6)11-8;/h2-5H,1H3,(H,10,11)(H,13,14);1H. The van der Waals surface area contributed by atoms with Crippen molar-refractivity contribution in [2.24, 2.45) is 0 Å². The van der Waals surface area contributed by atoms with Crippen molar-refractivity contribution >= 4 is 35.5 Å². The number of hydrogen-bond acceptors (Lipinski definition) is 2. The van der Waals surface area contributed by atoms with E-state index in [9.17, 15) is 4.79 Å². The minimum absolute atomic E-state index is 0. The first kappa shape index (κ1) is 11.3. The second-order valence-electron chi connectivity index (χ2n) is 2.92. The number of anilines is 1. The number of rotatable bonds is 1. The van der Waals surface area contributed by atoms with Crippen molar-refractivity contribution in [3.05, 3.63) is 24.3 Å². The maximum Gasteiger partial charge on any atom is 0.413 e. The number of fused-ring (bicyclic) bond motifs is 1. The lowest BCUT2D eigenvalue weighted by Crippen LogP contribution is -2.24. The Bertz CT molecular complexity index is 450. The molecule has 0 aliphatic rings. The molecule has 2 aromatic rings. The highest BCUT2D eigenvalue weighted by molar-refractivity contribution is 5.86. The van der Waals surface area contributed by atoms with E-state index in [0.29, 0.717) is 5.95 Å². The number of aromatic nitrogens is 2. The van der Waals surface area contributed by atoms with E-state index in [-0.39, 0.29) is 12.4 Å². The quantitative estimate of drug-likeness (QED) is 0.784. The molecule has 15 heavy (non-hydrogen) atoms. The van der Waals surface area contributed by atoms with Crippen LogP contribution in [0.5, 0.6) is 0 Å². The van der Waals surface area contributed by atoms with Crippen LogP contribution in [0.25, 0.3) is 11.0 Å². The summed E-state index contributed by atoms with van der Waals surface area (Å²) in [5, 5.41) is 8.73. The summed E-state index contributed by atoms with van der Waals surface area (Å²) in [6.07, 6.45) is -1.04. The lowest BCUT2D eigenvalue weighted by molar-refractivity contribution is 0.203. The average Bonchev–Trinajstić information content (AvgIpc) is 2.59. The number of H-pyrrole nitrogens is 1. The third-order valence-electron chi connectivity index (χ3n) is 1.98. The Kier molecular flexibility index (Phi) is 3.16. The fraction of sp³-hybridized carbons (Fsp3) is 0.111. The lowest BCUT2D eigenvalue weighted by Gasteiger charge is -2.07. The monoisotopic (exact) mass is 227 g/mol. The SMILES string of the molecule is CN(C(=O)O)c1nc2ccccc2[nH]1.Cl. The van der Waals surface area contributed by atoms with Gasteiger partial charge in [0.15, 0.2) is 0 Å². The Hall–Kier alpha value is -1.75. The van der Waals surface area contributed by atoms with Crippen LogP contribution in [0.1, 0.15) is 0 Å². The predicted octanol–water partition coefficient (Wildman–Crippen LogP) is 2.10. The highest BCUT2D eigenvalue weighted by Crippen LogP contribution is 2.15. The van der Waals surface area contributed by atoms with E-state index in [1.807, 2.05) is 24.3 Å². The van der Waals surface area contributed by atoms with Gasteiger partial charge in [-0.3, -0.25) is 4.90 Å². The molecule has 1 aromatic carbocycles. The first-order valence-electron chi connectivity index (χ1n) is 4.10. The van der Waals surface area contributed by atoms with Crippen molar-refractivity contribution in [1.29, 1.82) is 0 Å². The normalized spacial score (nSPS) is 9.67. The zero-order chi connectivity index (χ0) is 10.1. The van der Waals surface area contributed by atoms with Gasteiger partial charge in [-0.2, -0.15) is 0 Å². The third kappa shape index (κ3) is 2.02. The molecule has 2 N–H and O–H groups in total. The highest BCUT2D eigenvalue weighted by atomic mass is 35.5. The fourth-order valence-corrected chi connectivity index (χ4v) is 1.19. The molecule has 2 rings (SSSR count). The van der Waals surface area contributed by atoms with Crippen molar-refractivity contribution in [3.63, 3.8) is 0 Å². The number of imidazole rings is 1. The average molecular weight is 228 g/mol. The molecule has 0 atom stereocenters. The predicted molar refractivity (Wildman–Crippen MR) is 59.8 cm³/mol. The number of carboxylic acid groups (broad SMARTS) is 1. The third-order valence-corrected chi connectivity index (χ3v) is 1.98. The summed E-state index contributed by atoms with van der Waals surface area (Å²) in [6.45, 7) is 0. The van der Waals surface area contributed by atoms with Gasteiger partial charge in [-0.15, -0.1) is 12.4 Å². The van der Waals surface area contributed by atoms with Crippen LogP contribution in [0.3, 0.4) is 0 Å². The second kappa shape index (κ2) is 4.18. The van der Waals surface area contributed by atoms with Gasteiger partial charge in [-0.25, -0.2) is 9.78 Å². The van der Waals surface area contributed by atoms with E-state index in [2.05, 4.69) is 9.97 Å². The molecular weight excluding hydrogens is 218 g/mol. The molecule has 0 aliphatic carbocycles. The Morgan fingerprint density at radius 3 is 2.73 bits per heavy atom. The maximum absolute atomic E-state index is 10.6. The number of amides is 1. The largest absolute Gasteiger partial charge is 0.465 e. The smallest absolute Gasteiger partial charge is 0.413 e. The number of aromatic amines is 1. The van der Waals surface area contributed by atoms with Crippen LogP contribution in [0, 0.1) is 0 Å². The molecule has 0 saturated carbocycles. The van der Waals surface area contributed by atoms with Crippen LogP contribution in [0.2, 0.25) is 0 Å². The van der Waals surface area contributed by atoms with Gasteiger partial charge in [-0.05, 0) is 12.1 Å². The fourth-order valence-electron chi connectivity index (χ4n) is 1.19. The van der Waals surface area contributed by atoms with Crippen LogP contribution < -0.4 is 4.90 Å². The molecule has 0 radical (unpaired) electrons. The second-order valence-corrected chi connectivity index (χ2v) is 2.92. The number of benzene rings is 1. The Morgan fingerprint density at radius 1 is 1.47 bits per heavy atom. The zero-order valence-corrected chi connectivity index (χ0v) is 8.78. The van der Waals surface area contributed by atoms with Crippen LogP contribution >= 0.6 is 12.4 Å². The maximum atomic E-state index is 10.6. The summed E-state index contributed by atoms with van der Waals surface area (Å²) < 4.78 is 0. The molecule has 1 heterocycles. The number of nitrogens with zero attached hydrogens (tertiary/aromatic N) is 2. The van der Waals surface area contributed by atoms with Gasteiger partial charge in [-0.1, -0.05) is 12.1 Å². The van der Waals surface area contributed by atoms with Gasteiger partial charge in [0.1, 0.15) is 0 Å². The molecule has 5 nitrogen and oxygen atoms in total. The van der Waals surface area contributed by atoms with E-state index < -0.39 is 6.09 Å². The minimum atomic E-state index is -1.04. The van der Waals surface area contributed by atoms with Crippen LogP contribution in [-0.2, 0) is 0 Å². The van der Waals surface area contributed by atoms with E-state index >= 15 is 0 Å². The highest BCUT2D eigenvalue weighted by Gasteiger charge is 2.12. The molecule has 0 spiro atoms. The van der Waals surface area contributed by atoms with Gasteiger partial charge >= 0.3 is 6.09 Å². The van der Waals surface area contributed by atoms with E-state index in [0.717, 1.165) is 15.9 Å². The van der Waals surface area contributed by atoms with Crippen molar-refractivity contribution in [3.8, 4) is 0 Å². The number of hydrogen-bond donors (Lipinski definition) is 2. The van der Waals surface area contributed by atoms with Gasteiger partial charge in [0.25, 0.3) is 0 Å². The summed E-state index contributed by atoms with van der Waals surface area (Å²) in [5.41, 5.74) is 1.59. The molecule has 1 amide bonds. The number of para-hydroxylation sites is 2. The van der Waals surface area contributed by atoms with E-state index in [1.165, 1.54) is 7.05 Å². The first-order valence-corrected chi connectivity index (χ1v) is 4.10. The van der Waals surface area contributed by atoms with Crippen molar-refractivity contribution in [1.82, 2.24) is 9.97 Å². The molecule has 1 aromatic heterocycles. The number of nitrogens with one attached hydrogen (secondary N) is 1. The van der Waals surface area contributed by atoms with Crippen molar-refractivity contribution in [2.75, 3.05) is 11.9 Å². The molecule has 80 valence electrons. The lowest BCUT2D eigenvalue weighted by atomic mass is 10.3. The molecular formula is C9H10ClN3O2. The van der Waals surface area contributed by atoms with Gasteiger partial charge in [0, 0.05) is 7.05 Å².